The van der Waals surface area contributed by atoms with Crippen LogP contribution in [0.25, 0.3) is 0 Å². The molecule has 0 saturated carbocycles. The van der Waals surface area contributed by atoms with Gasteiger partial charge in [-0.2, -0.15) is 0 Å². The van der Waals surface area contributed by atoms with E-state index >= 15 is 0 Å². The van der Waals surface area contributed by atoms with Crippen LogP contribution in [0.5, 0.6) is 0 Å². The number of rotatable bonds is 3. The third-order valence-electron chi connectivity index (χ3n) is 2.39. The molecule has 15 heavy (non-hydrogen) atoms. The van der Waals surface area contributed by atoms with Crippen LogP contribution in [0.4, 0.5) is 0 Å². The van der Waals surface area contributed by atoms with Crippen LogP contribution in [-0.2, 0) is 0 Å². The maximum atomic E-state index is 6.09. The molecule has 84 valence electrons. The van der Waals surface area contributed by atoms with Gasteiger partial charge in [0.05, 0.1) is 0 Å². The minimum Gasteiger partial charge on any atom is -0.324 e. The predicted octanol–water partition coefficient (Wildman–Crippen LogP) is 3.69. The van der Waals surface area contributed by atoms with E-state index < -0.39 is 0 Å². The molecule has 0 unspecified atom stereocenters. The van der Waals surface area contributed by atoms with Crippen molar-refractivity contribution < 1.29 is 0 Å². The molecule has 0 spiro atoms. The molecule has 2 N–H and O–H groups in total. The first kappa shape index (κ1) is 14.2. The van der Waals surface area contributed by atoms with E-state index in [9.17, 15) is 0 Å². The molecular weight excluding hydrogens is 206 g/mol. The van der Waals surface area contributed by atoms with Gasteiger partial charge in [0, 0.05) is 6.04 Å². The highest BCUT2D eigenvalue weighted by Gasteiger charge is 2.08. The molecule has 1 aromatic carbocycles. The summed E-state index contributed by atoms with van der Waals surface area (Å²) < 4.78 is 0. The van der Waals surface area contributed by atoms with Crippen molar-refractivity contribution in [3.8, 4) is 0 Å². The first-order chi connectivity index (χ1) is 6.50. The van der Waals surface area contributed by atoms with E-state index in [2.05, 4.69) is 38.6 Å². The van der Waals surface area contributed by atoms with E-state index in [0.29, 0.717) is 0 Å². The summed E-state index contributed by atoms with van der Waals surface area (Å²) in [5.74, 6) is 0. The van der Waals surface area contributed by atoms with Crippen LogP contribution >= 0.6 is 12.4 Å². The van der Waals surface area contributed by atoms with Crippen molar-refractivity contribution >= 4 is 12.4 Å². The summed E-state index contributed by atoms with van der Waals surface area (Å²) in [6, 6.07) is 6.50. The number of hydrogen-bond acceptors (Lipinski definition) is 1. The minimum atomic E-state index is 0. The topological polar surface area (TPSA) is 26.0 Å². The Morgan fingerprint density at radius 1 is 1.40 bits per heavy atom. The predicted molar refractivity (Wildman–Crippen MR) is 69.5 cm³/mol. The van der Waals surface area contributed by atoms with E-state index in [4.69, 9.17) is 5.73 Å². The lowest BCUT2D eigenvalue weighted by Gasteiger charge is -2.15. The molecule has 0 aromatic heterocycles. The van der Waals surface area contributed by atoms with Crippen molar-refractivity contribution in [1.82, 2.24) is 0 Å². The summed E-state index contributed by atoms with van der Waals surface area (Å²) in [6.07, 6.45) is 0.865. The van der Waals surface area contributed by atoms with Crippen molar-refractivity contribution in [2.75, 3.05) is 0 Å². The molecule has 1 rings (SSSR count). The van der Waals surface area contributed by atoms with E-state index in [0.717, 1.165) is 12.0 Å². The molecule has 1 aromatic rings. The number of benzene rings is 1. The van der Waals surface area contributed by atoms with Gasteiger partial charge in [-0.25, -0.2) is 0 Å². The van der Waals surface area contributed by atoms with Crippen LogP contribution in [0.2, 0.25) is 0 Å². The van der Waals surface area contributed by atoms with Crippen molar-refractivity contribution in [2.45, 2.75) is 33.2 Å². The second-order valence-corrected chi connectivity index (χ2v) is 4.13. The average Bonchev–Trinajstić information content (AvgIpc) is 2.01. The largest absolute Gasteiger partial charge is 0.324 e. The summed E-state index contributed by atoms with van der Waals surface area (Å²) in [4.78, 5) is 0. The fourth-order valence-corrected chi connectivity index (χ4v) is 1.73. The summed E-state index contributed by atoms with van der Waals surface area (Å²) in [7, 11) is 0. The van der Waals surface area contributed by atoms with Gasteiger partial charge in [-0.15, -0.1) is 19.0 Å². The summed E-state index contributed by atoms with van der Waals surface area (Å²) in [6.45, 7) is 10.1. The van der Waals surface area contributed by atoms with Gasteiger partial charge in [0.1, 0.15) is 0 Å². The lowest BCUT2D eigenvalue weighted by Crippen LogP contribution is -2.11. The Labute approximate surface area is 98.8 Å². The Morgan fingerprint density at radius 3 is 2.47 bits per heavy atom. The van der Waals surface area contributed by atoms with Gasteiger partial charge in [0.2, 0.25) is 0 Å². The third kappa shape index (κ3) is 4.06. The summed E-state index contributed by atoms with van der Waals surface area (Å²) >= 11 is 0. The zero-order valence-corrected chi connectivity index (χ0v) is 10.5. The molecule has 0 heterocycles. The highest BCUT2D eigenvalue weighted by atomic mass is 35.5. The van der Waals surface area contributed by atoms with Gasteiger partial charge in [-0.1, -0.05) is 29.3 Å². The van der Waals surface area contributed by atoms with Gasteiger partial charge in [0.25, 0.3) is 0 Å². The molecule has 0 aliphatic heterocycles. The van der Waals surface area contributed by atoms with Crippen LogP contribution in [0, 0.1) is 13.8 Å². The van der Waals surface area contributed by atoms with Crippen LogP contribution < -0.4 is 5.73 Å². The van der Waals surface area contributed by atoms with E-state index in [1.165, 1.54) is 16.7 Å². The van der Waals surface area contributed by atoms with Crippen LogP contribution in [0.1, 0.15) is 36.1 Å². The van der Waals surface area contributed by atoms with Crippen molar-refractivity contribution in [3.63, 3.8) is 0 Å². The minimum absolute atomic E-state index is 0. The number of halogens is 1. The fourth-order valence-electron chi connectivity index (χ4n) is 1.73. The average molecular weight is 226 g/mol. The molecule has 1 atom stereocenters. The molecule has 0 bridgehead atoms. The Kier molecular flexibility index (Phi) is 5.63. The number of nitrogens with two attached hydrogens (primary N) is 1. The Hall–Kier alpha value is -0.790. The van der Waals surface area contributed by atoms with E-state index in [1.807, 2.05) is 6.92 Å². The van der Waals surface area contributed by atoms with E-state index in [1.54, 1.807) is 0 Å². The van der Waals surface area contributed by atoms with Crippen molar-refractivity contribution in [3.05, 3.63) is 47.0 Å². The molecule has 0 aliphatic carbocycles. The molecule has 2 heteroatoms. The number of hydrogen-bond donors (Lipinski definition) is 1. The normalized spacial score (nSPS) is 11.7. The monoisotopic (exact) mass is 225 g/mol. The maximum Gasteiger partial charge on any atom is 0.0334 e. The first-order valence-corrected chi connectivity index (χ1v) is 4.98. The van der Waals surface area contributed by atoms with Gasteiger partial charge in [0.15, 0.2) is 0 Å². The fraction of sp³-hybridized carbons (Fsp3) is 0.385. The maximum absolute atomic E-state index is 6.09. The van der Waals surface area contributed by atoms with Gasteiger partial charge >= 0.3 is 0 Å². The third-order valence-corrected chi connectivity index (χ3v) is 2.39. The smallest absolute Gasteiger partial charge is 0.0334 e. The quantitative estimate of drug-likeness (QED) is 0.781. The second-order valence-electron chi connectivity index (χ2n) is 4.13. The molecule has 0 fully saturated rings. The van der Waals surface area contributed by atoms with Crippen LogP contribution in [0.3, 0.4) is 0 Å². The molecule has 0 amide bonds. The SMILES string of the molecule is C=C(C)C[C@@H](N)c1ccc(C)cc1C.Cl. The van der Waals surface area contributed by atoms with Crippen molar-refractivity contribution in [1.29, 1.82) is 0 Å². The first-order valence-electron chi connectivity index (χ1n) is 4.98. The molecule has 1 nitrogen and oxygen atoms in total. The van der Waals surface area contributed by atoms with Gasteiger partial charge < -0.3 is 5.73 Å². The summed E-state index contributed by atoms with van der Waals surface area (Å²) in [5, 5.41) is 0. The number of aryl methyl sites for hydroxylation is 2. The van der Waals surface area contributed by atoms with Crippen LogP contribution in [0.15, 0.2) is 30.4 Å². The van der Waals surface area contributed by atoms with E-state index in [-0.39, 0.29) is 18.4 Å². The van der Waals surface area contributed by atoms with Crippen molar-refractivity contribution in [2.24, 2.45) is 5.73 Å². The molecular formula is C13H20ClN. The highest BCUT2D eigenvalue weighted by Crippen LogP contribution is 2.21. The lowest BCUT2D eigenvalue weighted by atomic mass is 9.96. The van der Waals surface area contributed by atoms with Gasteiger partial charge in [-0.3, -0.25) is 0 Å². The Bertz CT molecular complexity index is 344. The Morgan fingerprint density at radius 2 is 2.00 bits per heavy atom. The molecule has 0 aliphatic rings. The zero-order chi connectivity index (χ0) is 10.7. The second kappa shape index (κ2) is 5.94. The lowest BCUT2D eigenvalue weighted by molar-refractivity contribution is 0.712. The standard InChI is InChI=1S/C13H19N.ClH/c1-9(2)7-13(14)12-6-5-10(3)8-11(12)4;/h5-6,8,13H,1,7,14H2,2-4H3;1H/t13-;/m1./s1. The summed E-state index contributed by atoms with van der Waals surface area (Å²) in [5.41, 5.74) is 11.0. The highest BCUT2D eigenvalue weighted by molar-refractivity contribution is 5.85. The molecule has 0 radical (unpaired) electrons. The molecule has 0 saturated heterocycles. The van der Waals surface area contributed by atoms with Gasteiger partial charge in [-0.05, 0) is 38.3 Å². The zero-order valence-electron chi connectivity index (χ0n) is 9.71. The van der Waals surface area contributed by atoms with Crippen LogP contribution in [-0.4, -0.2) is 0 Å². The Balaban J connectivity index is 0.00000196.